The summed E-state index contributed by atoms with van der Waals surface area (Å²) in [6.45, 7) is 0.754. The number of anilines is 1. The zero-order valence-electron chi connectivity index (χ0n) is 13.0. The molecule has 8 nitrogen and oxygen atoms in total. The number of carboxylic acids is 1. The average Bonchev–Trinajstić information content (AvgIpc) is 2.54. The minimum absolute atomic E-state index is 0.0553. The molecular weight excluding hydrogens is 316 g/mol. The Morgan fingerprint density at radius 2 is 2.04 bits per heavy atom. The molecule has 2 amide bonds. The van der Waals surface area contributed by atoms with Crippen molar-refractivity contribution in [2.24, 2.45) is 0 Å². The van der Waals surface area contributed by atoms with Gasteiger partial charge in [0.2, 0.25) is 0 Å². The van der Waals surface area contributed by atoms with Crippen LogP contribution in [0.4, 0.5) is 5.69 Å². The van der Waals surface area contributed by atoms with Crippen molar-refractivity contribution in [2.75, 3.05) is 25.1 Å². The quantitative estimate of drug-likeness (QED) is 0.749. The van der Waals surface area contributed by atoms with Crippen LogP contribution in [0.2, 0.25) is 0 Å². The molecule has 0 saturated carbocycles. The highest BCUT2D eigenvalue weighted by atomic mass is 16.5. The molecule has 1 fully saturated rings. The van der Waals surface area contributed by atoms with Gasteiger partial charge in [-0.3, -0.25) is 14.4 Å². The summed E-state index contributed by atoms with van der Waals surface area (Å²) in [6.07, 6.45) is 0.721. The van der Waals surface area contributed by atoms with Crippen LogP contribution in [-0.2, 0) is 14.3 Å². The minimum Gasteiger partial charge on any atom is -0.482 e. The highest BCUT2D eigenvalue weighted by Gasteiger charge is 2.36. The molecule has 3 N–H and O–H groups in total. The van der Waals surface area contributed by atoms with Gasteiger partial charge in [0.25, 0.3) is 11.8 Å². The normalized spacial score (nSPS) is 18.8. The number of carbonyl (C=O) groups excluding carboxylic acids is 2. The van der Waals surface area contributed by atoms with Crippen molar-refractivity contribution in [1.29, 1.82) is 0 Å². The number of amides is 2. The molecule has 1 aromatic rings. The van der Waals surface area contributed by atoms with Crippen LogP contribution in [0.1, 0.15) is 29.6 Å². The molecule has 0 spiro atoms. The molecule has 0 atom stereocenters. The Morgan fingerprint density at radius 3 is 2.75 bits per heavy atom. The fraction of sp³-hybridized carbons (Fsp3) is 0.438. The maximum atomic E-state index is 12.6. The van der Waals surface area contributed by atoms with Crippen LogP contribution in [0.25, 0.3) is 0 Å². The van der Waals surface area contributed by atoms with E-state index in [4.69, 9.17) is 14.6 Å². The van der Waals surface area contributed by atoms with Crippen LogP contribution < -0.4 is 15.4 Å². The molecule has 8 heteroatoms. The van der Waals surface area contributed by atoms with Gasteiger partial charge in [-0.1, -0.05) is 0 Å². The average molecular weight is 334 g/mol. The van der Waals surface area contributed by atoms with Crippen molar-refractivity contribution in [3.63, 3.8) is 0 Å². The molecule has 2 aliphatic heterocycles. The van der Waals surface area contributed by atoms with Gasteiger partial charge >= 0.3 is 5.97 Å². The first-order valence-corrected chi connectivity index (χ1v) is 7.66. The largest absolute Gasteiger partial charge is 0.482 e. The molecule has 1 aromatic carbocycles. The van der Waals surface area contributed by atoms with Crippen LogP contribution in [0.15, 0.2) is 18.2 Å². The van der Waals surface area contributed by atoms with E-state index in [2.05, 4.69) is 10.6 Å². The Balaban J connectivity index is 1.79. The number of carbonyl (C=O) groups is 3. The lowest BCUT2D eigenvalue weighted by atomic mass is 9.86. The third kappa shape index (κ3) is 3.48. The van der Waals surface area contributed by atoms with Crippen LogP contribution in [0.5, 0.6) is 5.75 Å². The van der Waals surface area contributed by atoms with E-state index in [-0.39, 0.29) is 24.8 Å². The van der Waals surface area contributed by atoms with Gasteiger partial charge < -0.3 is 25.2 Å². The number of fused-ring (bicyclic) bond motifs is 1. The van der Waals surface area contributed by atoms with Crippen molar-refractivity contribution < 1.29 is 29.0 Å². The minimum atomic E-state index is -0.969. The number of hydrogen-bond acceptors (Lipinski definition) is 5. The number of ether oxygens (including phenoxy) is 2. The lowest BCUT2D eigenvalue weighted by Crippen LogP contribution is -2.53. The summed E-state index contributed by atoms with van der Waals surface area (Å²) in [4.78, 5) is 35.1. The predicted octanol–water partition coefficient (Wildman–Crippen LogP) is 0.771. The van der Waals surface area contributed by atoms with Crippen LogP contribution in [-0.4, -0.2) is 48.2 Å². The maximum Gasteiger partial charge on any atom is 0.305 e. The molecule has 128 valence electrons. The van der Waals surface area contributed by atoms with Gasteiger partial charge in [-0.2, -0.15) is 0 Å². The SMILES string of the molecule is O=C(O)CC1(NC(=O)c2ccc3c(c2)NC(=O)CO3)CCOCC1. The number of benzene rings is 1. The molecule has 0 unspecified atom stereocenters. The molecule has 0 bridgehead atoms. The van der Waals surface area contributed by atoms with Crippen LogP contribution >= 0.6 is 0 Å². The second-order valence-corrected chi connectivity index (χ2v) is 5.97. The number of carboxylic acid groups (broad SMARTS) is 1. The second kappa shape index (κ2) is 6.48. The topological polar surface area (TPSA) is 114 Å². The van der Waals surface area contributed by atoms with Gasteiger partial charge in [0, 0.05) is 18.8 Å². The molecule has 3 rings (SSSR count). The molecule has 0 aromatic heterocycles. The number of nitrogens with one attached hydrogen (secondary N) is 2. The summed E-state index contributed by atoms with van der Waals surface area (Å²) >= 11 is 0. The Morgan fingerprint density at radius 1 is 1.29 bits per heavy atom. The molecule has 0 aliphatic carbocycles. The van der Waals surface area contributed by atoms with Crippen molar-refractivity contribution >= 4 is 23.5 Å². The van der Waals surface area contributed by atoms with Crippen LogP contribution in [0, 0.1) is 0 Å². The van der Waals surface area contributed by atoms with E-state index in [9.17, 15) is 14.4 Å². The van der Waals surface area contributed by atoms with Gasteiger partial charge in [-0.05, 0) is 31.0 Å². The summed E-state index contributed by atoms with van der Waals surface area (Å²) < 4.78 is 10.5. The lowest BCUT2D eigenvalue weighted by Gasteiger charge is -2.36. The zero-order chi connectivity index (χ0) is 17.2. The Labute approximate surface area is 138 Å². The summed E-state index contributed by atoms with van der Waals surface area (Å²) in [6, 6.07) is 4.71. The van der Waals surface area contributed by atoms with Crippen molar-refractivity contribution in [2.45, 2.75) is 24.8 Å². The molecule has 24 heavy (non-hydrogen) atoms. The van der Waals surface area contributed by atoms with E-state index in [0.717, 1.165) is 0 Å². The Bertz CT molecular complexity index is 681. The summed E-state index contributed by atoms with van der Waals surface area (Å²) in [5, 5.41) is 14.6. The van der Waals surface area contributed by atoms with Gasteiger partial charge in [-0.15, -0.1) is 0 Å². The van der Waals surface area contributed by atoms with Crippen molar-refractivity contribution in [3.8, 4) is 5.75 Å². The van der Waals surface area contributed by atoms with Crippen molar-refractivity contribution in [1.82, 2.24) is 5.32 Å². The van der Waals surface area contributed by atoms with E-state index >= 15 is 0 Å². The summed E-state index contributed by atoms with van der Waals surface area (Å²) in [5.74, 6) is -1.15. The van der Waals surface area contributed by atoms with E-state index < -0.39 is 11.5 Å². The number of rotatable bonds is 4. The van der Waals surface area contributed by atoms with Crippen molar-refractivity contribution in [3.05, 3.63) is 23.8 Å². The fourth-order valence-electron chi connectivity index (χ4n) is 2.93. The third-order valence-electron chi connectivity index (χ3n) is 4.19. The van der Waals surface area contributed by atoms with E-state index in [1.807, 2.05) is 0 Å². The Hall–Kier alpha value is -2.61. The highest BCUT2D eigenvalue weighted by molar-refractivity contribution is 6.00. The Kier molecular flexibility index (Phi) is 4.39. The zero-order valence-corrected chi connectivity index (χ0v) is 13.0. The number of aliphatic carboxylic acids is 1. The summed E-state index contributed by atoms with van der Waals surface area (Å²) in [7, 11) is 0. The van der Waals surface area contributed by atoms with Crippen LogP contribution in [0.3, 0.4) is 0 Å². The van der Waals surface area contributed by atoms with Gasteiger partial charge in [0.1, 0.15) is 5.75 Å². The molecule has 0 radical (unpaired) electrons. The molecule has 2 aliphatic rings. The van der Waals surface area contributed by atoms with Gasteiger partial charge in [0.15, 0.2) is 6.61 Å². The van der Waals surface area contributed by atoms with Gasteiger partial charge in [-0.25, -0.2) is 0 Å². The van der Waals surface area contributed by atoms with E-state index in [0.29, 0.717) is 43.1 Å². The first kappa shape index (κ1) is 16.3. The first-order valence-electron chi connectivity index (χ1n) is 7.66. The third-order valence-corrected chi connectivity index (χ3v) is 4.19. The first-order chi connectivity index (χ1) is 11.5. The molecular formula is C16H18N2O6. The van der Waals surface area contributed by atoms with Gasteiger partial charge in [0.05, 0.1) is 17.6 Å². The summed E-state index contributed by atoms with van der Waals surface area (Å²) in [5.41, 5.74) is -0.0643. The monoisotopic (exact) mass is 334 g/mol. The lowest BCUT2D eigenvalue weighted by molar-refractivity contribution is -0.139. The highest BCUT2D eigenvalue weighted by Crippen LogP contribution is 2.30. The maximum absolute atomic E-state index is 12.6. The standard InChI is InChI=1S/C16H18N2O6/c19-13-9-24-12-2-1-10(7-11(12)17-13)15(22)18-16(8-14(20)21)3-5-23-6-4-16/h1-2,7H,3-6,8-9H2,(H,17,19)(H,18,22)(H,20,21). The molecule has 1 saturated heterocycles. The number of hydrogen-bond donors (Lipinski definition) is 3. The van der Waals surface area contributed by atoms with E-state index in [1.54, 1.807) is 12.1 Å². The smallest absolute Gasteiger partial charge is 0.305 e. The fourth-order valence-corrected chi connectivity index (χ4v) is 2.93. The van der Waals surface area contributed by atoms with E-state index in [1.165, 1.54) is 6.07 Å². The predicted molar refractivity (Wildman–Crippen MR) is 83.1 cm³/mol. The molecule has 2 heterocycles. The second-order valence-electron chi connectivity index (χ2n) is 5.97.